The number of carbonyl (C=O) groups is 1. The van der Waals surface area contributed by atoms with Gasteiger partial charge in [-0.25, -0.2) is 0 Å². The van der Waals surface area contributed by atoms with Gasteiger partial charge in [0.25, 0.3) is 0 Å². The van der Waals surface area contributed by atoms with E-state index in [0.29, 0.717) is 12.6 Å². The number of amides is 1. The molecule has 1 saturated carbocycles. The number of hydrogen-bond donors (Lipinski definition) is 3. The maximum Gasteiger partial charge on any atom is 0.227 e. The van der Waals surface area contributed by atoms with Crippen LogP contribution in [0.5, 0.6) is 0 Å². The SMILES string of the molecule is CN=C(NCC(C)(C)C(=O)NC)NC1CCN(C2CCCC2)CC1. The van der Waals surface area contributed by atoms with Gasteiger partial charge in [0.2, 0.25) is 5.91 Å². The summed E-state index contributed by atoms with van der Waals surface area (Å²) in [5.41, 5.74) is -0.460. The quantitative estimate of drug-likeness (QED) is 0.523. The molecule has 6 nitrogen and oxygen atoms in total. The standard InChI is InChI=1S/C18H35N5O/c1-18(2,16(24)19-3)13-21-17(20-4)22-14-9-11-23(12-10-14)15-7-5-6-8-15/h14-15H,5-13H2,1-4H3,(H,19,24)(H2,20,21,22). The van der Waals surface area contributed by atoms with E-state index in [-0.39, 0.29) is 5.91 Å². The van der Waals surface area contributed by atoms with Crippen molar-refractivity contribution in [2.75, 3.05) is 33.7 Å². The summed E-state index contributed by atoms with van der Waals surface area (Å²) in [5.74, 6) is 0.835. The summed E-state index contributed by atoms with van der Waals surface area (Å²) >= 11 is 0. The van der Waals surface area contributed by atoms with Crippen molar-refractivity contribution in [2.45, 2.75) is 64.5 Å². The smallest absolute Gasteiger partial charge is 0.227 e. The first-order valence-corrected chi connectivity index (χ1v) is 9.39. The predicted molar refractivity (Wildman–Crippen MR) is 99.2 cm³/mol. The number of rotatable bonds is 5. The predicted octanol–water partition coefficient (Wildman–Crippen LogP) is 1.33. The van der Waals surface area contributed by atoms with Crippen LogP contribution in [0.2, 0.25) is 0 Å². The van der Waals surface area contributed by atoms with Crippen LogP contribution in [0.15, 0.2) is 4.99 Å². The van der Waals surface area contributed by atoms with Gasteiger partial charge >= 0.3 is 0 Å². The van der Waals surface area contributed by atoms with E-state index in [2.05, 4.69) is 25.8 Å². The average Bonchev–Trinajstić information content (AvgIpc) is 3.13. The van der Waals surface area contributed by atoms with Crippen LogP contribution in [0.4, 0.5) is 0 Å². The van der Waals surface area contributed by atoms with Crippen molar-refractivity contribution in [3.05, 3.63) is 0 Å². The molecule has 1 amide bonds. The number of aliphatic imine (C=N–C) groups is 1. The lowest BCUT2D eigenvalue weighted by Crippen LogP contribution is -2.52. The monoisotopic (exact) mass is 337 g/mol. The van der Waals surface area contributed by atoms with Crippen molar-refractivity contribution in [1.29, 1.82) is 0 Å². The molecule has 0 aromatic carbocycles. The van der Waals surface area contributed by atoms with Gasteiger partial charge in [-0.3, -0.25) is 9.79 Å². The van der Waals surface area contributed by atoms with Gasteiger partial charge in [0.1, 0.15) is 0 Å². The number of hydrogen-bond acceptors (Lipinski definition) is 3. The average molecular weight is 338 g/mol. The van der Waals surface area contributed by atoms with Crippen molar-refractivity contribution >= 4 is 11.9 Å². The first-order valence-electron chi connectivity index (χ1n) is 9.39. The Balaban J connectivity index is 1.74. The summed E-state index contributed by atoms with van der Waals surface area (Å²) < 4.78 is 0. The minimum absolute atomic E-state index is 0.0373. The molecule has 2 aliphatic rings. The largest absolute Gasteiger partial charge is 0.359 e. The molecule has 0 unspecified atom stereocenters. The zero-order chi connectivity index (χ0) is 17.6. The second-order valence-corrected chi connectivity index (χ2v) is 7.78. The van der Waals surface area contributed by atoms with Crippen LogP contribution in [-0.4, -0.2) is 62.6 Å². The van der Waals surface area contributed by atoms with Crippen molar-refractivity contribution in [2.24, 2.45) is 10.4 Å². The molecule has 1 heterocycles. The van der Waals surface area contributed by atoms with Gasteiger partial charge in [0.05, 0.1) is 5.41 Å². The van der Waals surface area contributed by atoms with Crippen molar-refractivity contribution < 1.29 is 4.79 Å². The van der Waals surface area contributed by atoms with Gasteiger partial charge in [-0.1, -0.05) is 12.8 Å². The number of likely N-dealkylation sites (tertiary alicyclic amines) is 1. The van der Waals surface area contributed by atoms with Gasteiger partial charge in [0.15, 0.2) is 5.96 Å². The molecule has 3 N–H and O–H groups in total. The third-order valence-electron chi connectivity index (χ3n) is 5.47. The van der Waals surface area contributed by atoms with Crippen LogP contribution >= 0.6 is 0 Å². The third-order valence-corrected chi connectivity index (χ3v) is 5.47. The maximum atomic E-state index is 11.9. The van der Waals surface area contributed by atoms with Gasteiger partial charge in [-0.2, -0.15) is 0 Å². The Morgan fingerprint density at radius 2 is 1.79 bits per heavy atom. The molecule has 6 heteroatoms. The molecular formula is C18H35N5O. The fourth-order valence-corrected chi connectivity index (χ4v) is 3.79. The second-order valence-electron chi connectivity index (χ2n) is 7.78. The van der Waals surface area contributed by atoms with Crippen LogP contribution in [0.1, 0.15) is 52.4 Å². The number of guanidine groups is 1. The Bertz CT molecular complexity index is 435. The van der Waals surface area contributed by atoms with E-state index < -0.39 is 5.41 Å². The zero-order valence-electron chi connectivity index (χ0n) is 15.8. The molecule has 24 heavy (non-hydrogen) atoms. The van der Waals surface area contributed by atoms with Gasteiger partial charge in [-0.15, -0.1) is 0 Å². The molecule has 1 aliphatic carbocycles. The highest BCUT2D eigenvalue weighted by molar-refractivity contribution is 5.84. The Morgan fingerprint density at radius 3 is 2.33 bits per heavy atom. The molecule has 0 atom stereocenters. The van der Waals surface area contributed by atoms with E-state index in [1.165, 1.54) is 38.8 Å². The first-order chi connectivity index (χ1) is 11.5. The molecule has 2 rings (SSSR count). The van der Waals surface area contributed by atoms with E-state index >= 15 is 0 Å². The molecule has 0 aromatic heterocycles. The number of piperidine rings is 1. The van der Waals surface area contributed by atoms with E-state index in [0.717, 1.165) is 24.8 Å². The fraction of sp³-hybridized carbons (Fsp3) is 0.889. The van der Waals surface area contributed by atoms with Crippen molar-refractivity contribution in [3.8, 4) is 0 Å². The maximum absolute atomic E-state index is 11.9. The number of carbonyl (C=O) groups excluding carboxylic acids is 1. The van der Waals surface area contributed by atoms with Gasteiger partial charge in [0, 0.05) is 45.8 Å². The van der Waals surface area contributed by atoms with E-state index in [1.54, 1.807) is 14.1 Å². The molecule has 1 saturated heterocycles. The van der Waals surface area contributed by atoms with Gasteiger partial charge < -0.3 is 20.9 Å². The van der Waals surface area contributed by atoms with Crippen LogP contribution < -0.4 is 16.0 Å². The van der Waals surface area contributed by atoms with Crippen molar-refractivity contribution in [1.82, 2.24) is 20.9 Å². The summed E-state index contributed by atoms with van der Waals surface area (Å²) in [6, 6.07) is 1.30. The van der Waals surface area contributed by atoms with Crippen LogP contribution in [0.25, 0.3) is 0 Å². The van der Waals surface area contributed by atoms with E-state index in [9.17, 15) is 4.79 Å². The molecule has 138 valence electrons. The lowest BCUT2D eigenvalue weighted by molar-refractivity contribution is -0.128. The molecule has 0 bridgehead atoms. The fourth-order valence-electron chi connectivity index (χ4n) is 3.79. The van der Waals surface area contributed by atoms with Crippen LogP contribution in [0.3, 0.4) is 0 Å². The Hall–Kier alpha value is -1.30. The summed E-state index contributed by atoms with van der Waals surface area (Å²) in [4.78, 5) is 18.9. The summed E-state index contributed by atoms with van der Waals surface area (Å²) in [5, 5.41) is 9.54. The molecule has 0 aromatic rings. The highest BCUT2D eigenvalue weighted by atomic mass is 16.2. The Labute approximate surface area is 146 Å². The zero-order valence-corrected chi connectivity index (χ0v) is 15.8. The number of nitrogens with one attached hydrogen (secondary N) is 3. The molecule has 0 radical (unpaired) electrons. The number of nitrogens with zero attached hydrogens (tertiary/aromatic N) is 2. The van der Waals surface area contributed by atoms with Crippen molar-refractivity contribution in [3.63, 3.8) is 0 Å². The highest BCUT2D eigenvalue weighted by Gasteiger charge is 2.29. The summed E-state index contributed by atoms with van der Waals surface area (Å²) in [6.07, 6.45) is 7.90. The summed E-state index contributed by atoms with van der Waals surface area (Å²) in [6.45, 7) is 6.80. The Kier molecular flexibility index (Phi) is 6.90. The summed E-state index contributed by atoms with van der Waals surface area (Å²) in [7, 11) is 3.46. The molecule has 0 spiro atoms. The molecule has 2 fully saturated rings. The van der Waals surface area contributed by atoms with E-state index in [4.69, 9.17) is 0 Å². The second kappa shape index (κ2) is 8.70. The first kappa shape index (κ1) is 19.0. The van der Waals surface area contributed by atoms with Crippen LogP contribution in [-0.2, 0) is 4.79 Å². The lowest BCUT2D eigenvalue weighted by atomic mass is 9.92. The minimum Gasteiger partial charge on any atom is -0.359 e. The molecule has 1 aliphatic heterocycles. The highest BCUT2D eigenvalue weighted by Crippen LogP contribution is 2.26. The lowest BCUT2D eigenvalue weighted by Gasteiger charge is -2.37. The third kappa shape index (κ3) is 5.10. The topological polar surface area (TPSA) is 68.8 Å². The minimum atomic E-state index is -0.460. The normalized spacial score (nSPS) is 21.8. The molecular weight excluding hydrogens is 302 g/mol. The van der Waals surface area contributed by atoms with E-state index in [1.807, 2.05) is 13.8 Å². The Morgan fingerprint density at radius 1 is 1.17 bits per heavy atom. The van der Waals surface area contributed by atoms with Gasteiger partial charge in [-0.05, 0) is 39.5 Å². The van der Waals surface area contributed by atoms with Crippen LogP contribution in [0, 0.1) is 5.41 Å².